The third kappa shape index (κ3) is 17.9. The van der Waals surface area contributed by atoms with Gasteiger partial charge in [0.15, 0.2) is 11.6 Å². The minimum atomic E-state index is -1.23. The number of amides is 8. The zero-order valence-electron chi connectivity index (χ0n) is 65.4. The number of piperazine rings is 2. The Labute approximate surface area is 630 Å². The molecule has 4 aliphatic heterocycles. The molecule has 6 saturated carbocycles. The number of ketones is 2. The van der Waals surface area contributed by atoms with E-state index in [1.54, 1.807) is 100 Å². The van der Waals surface area contributed by atoms with Crippen LogP contribution < -0.4 is 25.8 Å². The summed E-state index contributed by atoms with van der Waals surface area (Å²) in [4.78, 5) is 150. The van der Waals surface area contributed by atoms with Crippen LogP contribution in [0.25, 0.3) is 0 Å². The number of hydrogen-bond donors (Lipinski definition) is 3. The number of ether oxygens (including phenoxy) is 5. The molecule has 584 valence electrons. The number of Topliss-reactive ketones (excluding diaryl/α,β-unsaturated/α-hetero) is 2. The van der Waals surface area contributed by atoms with Gasteiger partial charge < -0.3 is 68.5 Å². The Morgan fingerprint density at radius 1 is 0.557 bits per heavy atom. The number of imide groups is 2. The minimum absolute atomic E-state index is 0. The molecule has 4 N–H and O–H groups in total. The van der Waals surface area contributed by atoms with Crippen molar-refractivity contribution in [1.82, 2.24) is 30.2 Å². The topological polar surface area (TPSA) is 334 Å². The van der Waals surface area contributed by atoms with E-state index in [4.69, 9.17) is 48.0 Å². The Hall–Kier alpha value is -7.17. The fourth-order valence-electron chi connectivity index (χ4n) is 17.1. The van der Waals surface area contributed by atoms with Crippen LogP contribution in [-0.4, -0.2) is 211 Å². The van der Waals surface area contributed by atoms with Crippen LogP contribution in [0.2, 0.25) is 11.6 Å². The Kier molecular flexibility index (Phi) is 25.9. The van der Waals surface area contributed by atoms with Crippen molar-refractivity contribution in [3.8, 4) is 11.5 Å². The number of methoxy groups -OCH3 is 2. The van der Waals surface area contributed by atoms with Gasteiger partial charge in [-0.2, -0.15) is 0 Å². The number of esters is 3. The lowest BCUT2D eigenvalue weighted by molar-refractivity contribution is -0.199. The van der Waals surface area contributed by atoms with Crippen LogP contribution in [0.4, 0.5) is 9.59 Å². The van der Waals surface area contributed by atoms with Gasteiger partial charge in [-0.05, 0) is 193 Å². The molecule has 2 aromatic rings. The van der Waals surface area contributed by atoms with Gasteiger partial charge in [-0.15, -0.1) is 12.4 Å². The molecular formula is C76H112B2ClN7O20. The largest absolute Gasteiger partial charge is 0.496 e. The number of carbonyl (C=O) groups excluding carboxylic acids is 11. The smallest absolute Gasteiger partial charge is 0.461 e. The van der Waals surface area contributed by atoms with E-state index >= 15 is 0 Å². The first-order valence-corrected chi connectivity index (χ1v) is 37.2. The second-order valence-electron chi connectivity index (χ2n) is 34.0. The standard InChI is InChI=1S/C41H60BN3O11.C35H51BN4O9.ClH/c1-12-44-18-19-45(35(49)34(44)48)37(51)43-28(16-17-32(47)53-38(2,3)4)29(46)23-26(42-55-31-22-25-21-30(40(25,8)9)41(31,10)56-42)20-24-14-13-15-27(33(24)52-11)36(50)54-39(5,6)7;1-9-39-13-14-40(30(43)29(39)42)32(45)38-24(19-37)25(41)18-22(36-48-27-17-21-16-26(34(21,5)6)35(27,7)49-36)15-20-11-10-12-23(28(20)46-8)31(44)47-33(2,3)4;/h13-15,25-26,28,30-31H,12,16-23H2,1-11H3,(H,43,51);10-12,21-22,24,26-27H,9,13-19,37H2,1-8H3,(H,38,45);1H/t25-,26+,28+,30-,31+,41-;21-,22+,24+,26-,27+,35-;/m00./s1. The van der Waals surface area contributed by atoms with E-state index in [-0.39, 0.29) is 130 Å². The van der Waals surface area contributed by atoms with Crippen molar-refractivity contribution < 1.29 is 95.0 Å². The van der Waals surface area contributed by atoms with E-state index in [0.29, 0.717) is 53.5 Å². The molecule has 0 spiro atoms. The van der Waals surface area contributed by atoms with Crippen molar-refractivity contribution in [2.75, 3.05) is 60.0 Å². The molecule has 8 amide bonds. The molecule has 0 aromatic heterocycles. The molecule has 0 unspecified atom stereocenters. The molecule has 27 nitrogen and oxygen atoms in total. The second kappa shape index (κ2) is 32.6. The van der Waals surface area contributed by atoms with E-state index in [1.807, 2.05) is 12.1 Å². The van der Waals surface area contributed by atoms with E-state index in [0.717, 1.165) is 35.5 Å². The van der Waals surface area contributed by atoms with Crippen molar-refractivity contribution in [3.63, 3.8) is 0 Å². The first kappa shape index (κ1) is 84.5. The van der Waals surface area contributed by atoms with Gasteiger partial charge in [-0.3, -0.25) is 43.4 Å². The molecular weight excluding hydrogens is 1390 g/mol. The molecule has 30 heteroatoms. The van der Waals surface area contributed by atoms with E-state index in [9.17, 15) is 52.7 Å². The Bertz CT molecular complexity index is 3690. The van der Waals surface area contributed by atoms with Crippen LogP contribution in [0, 0.1) is 34.5 Å². The van der Waals surface area contributed by atoms with E-state index < -0.39 is 125 Å². The third-order valence-electron chi connectivity index (χ3n) is 23.0. The molecule has 0 radical (unpaired) electrons. The van der Waals surface area contributed by atoms with Gasteiger partial charge in [0.2, 0.25) is 0 Å². The van der Waals surface area contributed by atoms with Crippen molar-refractivity contribution in [2.24, 2.45) is 40.2 Å². The lowest BCUT2D eigenvalue weighted by Crippen LogP contribution is -2.65. The second-order valence-corrected chi connectivity index (χ2v) is 34.0. The number of halogens is 1. The zero-order valence-corrected chi connectivity index (χ0v) is 66.2. The normalized spacial score (nSPS) is 26.0. The lowest BCUT2D eigenvalue weighted by atomic mass is 9.43. The first-order chi connectivity index (χ1) is 48.9. The highest BCUT2D eigenvalue weighted by molar-refractivity contribution is 6.48. The highest BCUT2D eigenvalue weighted by Crippen LogP contribution is 2.67. The number of benzene rings is 2. The number of urea groups is 2. The summed E-state index contributed by atoms with van der Waals surface area (Å²) in [6.45, 7) is 33.4. The maximum absolute atomic E-state index is 14.6. The fraction of sp³-hybridized carbons (Fsp3) is 0.697. The highest BCUT2D eigenvalue weighted by atomic mass is 35.5. The Morgan fingerprint density at radius 2 is 0.934 bits per heavy atom. The third-order valence-corrected chi connectivity index (χ3v) is 23.0. The average molecular weight is 1500 g/mol. The summed E-state index contributed by atoms with van der Waals surface area (Å²) in [6, 6.07) is 6.25. The summed E-state index contributed by atoms with van der Waals surface area (Å²) >= 11 is 0. The highest BCUT2D eigenvalue weighted by Gasteiger charge is 2.70. The van der Waals surface area contributed by atoms with Crippen molar-refractivity contribution in [2.45, 2.75) is 246 Å². The van der Waals surface area contributed by atoms with Gasteiger partial charge in [0.1, 0.15) is 45.5 Å². The van der Waals surface area contributed by atoms with Gasteiger partial charge in [0.05, 0.1) is 43.7 Å². The van der Waals surface area contributed by atoms with Crippen LogP contribution in [0.15, 0.2) is 36.4 Å². The zero-order chi connectivity index (χ0) is 77.6. The quantitative estimate of drug-likeness (QED) is 0.0383. The number of nitrogens with zero attached hydrogens (tertiary/aromatic N) is 4. The number of rotatable bonds is 24. The summed E-state index contributed by atoms with van der Waals surface area (Å²) in [5, 5.41) is 5.25. The molecule has 4 heterocycles. The molecule has 106 heavy (non-hydrogen) atoms. The van der Waals surface area contributed by atoms with Gasteiger partial charge in [0.25, 0.3) is 0 Å². The number of para-hydroxylation sites is 2. The molecule has 6 aliphatic carbocycles. The van der Waals surface area contributed by atoms with Crippen molar-refractivity contribution >= 4 is 91.8 Å². The molecule has 2 aromatic carbocycles. The fourth-order valence-corrected chi connectivity index (χ4v) is 17.1. The molecule has 10 fully saturated rings. The van der Waals surface area contributed by atoms with Crippen LogP contribution in [0.3, 0.4) is 0 Å². The summed E-state index contributed by atoms with van der Waals surface area (Å²) < 4.78 is 55.4. The predicted octanol–water partition coefficient (Wildman–Crippen LogP) is 8.54. The number of nitrogens with one attached hydrogen (secondary N) is 2. The predicted molar refractivity (Wildman–Crippen MR) is 395 cm³/mol. The number of hydrogen-bond acceptors (Lipinski definition) is 21. The molecule has 12 rings (SSSR count). The van der Waals surface area contributed by atoms with Crippen LogP contribution in [0.1, 0.15) is 201 Å². The number of nitrogens with two attached hydrogens (primary N) is 1. The summed E-state index contributed by atoms with van der Waals surface area (Å²) in [6.07, 6.45) is 3.28. The summed E-state index contributed by atoms with van der Waals surface area (Å²) in [5.74, 6) is -5.00. The van der Waals surface area contributed by atoms with Crippen molar-refractivity contribution in [3.05, 3.63) is 58.7 Å². The van der Waals surface area contributed by atoms with Gasteiger partial charge in [-0.25, -0.2) is 19.2 Å². The summed E-state index contributed by atoms with van der Waals surface area (Å²) in [7, 11) is 1.35. The number of likely N-dealkylation sites (N-methyl/N-ethyl adjacent to an activating group) is 2. The van der Waals surface area contributed by atoms with Crippen molar-refractivity contribution in [1.29, 1.82) is 0 Å². The molecule has 4 saturated heterocycles. The van der Waals surface area contributed by atoms with Gasteiger partial charge in [0, 0.05) is 76.7 Å². The monoisotopic (exact) mass is 1500 g/mol. The van der Waals surface area contributed by atoms with Crippen LogP contribution in [-0.2, 0) is 79.2 Å². The minimum Gasteiger partial charge on any atom is -0.496 e. The van der Waals surface area contributed by atoms with E-state index in [1.165, 1.54) is 24.0 Å². The maximum Gasteiger partial charge on any atom is 0.461 e. The van der Waals surface area contributed by atoms with Gasteiger partial charge >= 0.3 is 67.8 Å². The van der Waals surface area contributed by atoms with Crippen LogP contribution in [0.5, 0.6) is 11.5 Å². The Balaban J connectivity index is 0.000000267. The first-order valence-electron chi connectivity index (χ1n) is 37.2. The molecule has 10 aliphatic rings. The van der Waals surface area contributed by atoms with Crippen LogP contribution >= 0.6 is 12.4 Å². The average Bonchev–Trinajstić information content (AvgIpc) is 1.54. The SMILES string of the molecule is CCN1CCN(C(=O)N[C@H](CCC(=O)OC(C)(C)C)C(=O)C[C@@H](Cc2cccc(C(=O)OC(C)(C)C)c2OC)B2O[C@@H]3C[C@@H]4C[C@@H](C4(C)C)[C@]3(C)O2)C(=O)C1=O.CCN1CCN(C(=O)N[C@H](CN)C(=O)C[C@@H](Cc2cccc(C(=O)OC(C)(C)C)c2OC)B2O[C@@H]3C[C@@H]4C[C@@H](C4(C)C)[C@]3(C)O2)C(=O)C1=O.Cl. The van der Waals surface area contributed by atoms with Gasteiger partial charge in [-0.1, -0.05) is 52.0 Å². The molecule has 12 atom stereocenters. The number of carbonyl (C=O) groups is 11. The maximum atomic E-state index is 14.6. The van der Waals surface area contributed by atoms with E-state index in [2.05, 4.69) is 52.2 Å². The Morgan fingerprint density at radius 3 is 1.28 bits per heavy atom. The lowest BCUT2D eigenvalue weighted by Gasteiger charge is -2.64. The molecule has 4 bridgehead atoms. The summed E-state index contributed by atoms with van der Waals surface area (Å²) in [5.41, 5.74) is 4.57.